The number of imide groups is 1. The van der Waals surface area contributed by atoms with Crippen LogP contribution in [0.1, 0.15) is 0 Å². The van der Waals surface area contributed by atoms with Gasteiger partial charge in [0, 0.05) is 6.07 Å². The number of methoxy groups -OCH3 is 1. The Bertz CT molecular complexity index is 911. The van der Waals surface area contributed by atoms with Crippen molar-refractivity contribution in [3.05, 3.63) is 63.3 Å². The Kier molecular flexibility index (Phi) is 4.90. The van der Waals surface area contributed by atoms with E-state index >= 15 is 0 Å². The fraction of sp³-hybridized carbons (Fsp3) is 0.0588. The molecule has 1 aliphatic heterocycles. The van der Waals surface area contributed by atoms with E-state index in [2.05, 4.69) is 0 Å². The topological polar surface area (TPSA) is 55.8 Å². The molecule has 5 nitrogen and oxygen atoms in total. The van der Waals surface area contributed by atoms with Gasteiger partial charge in [-0.05, 0) is 24.3 Å². The van der Waals surface area contributed by atoms with Crippen LogP contribution in [0.2, 0.25) is 10.0 Å². The monoisotopic (exact) mass is 397 g/mol. The second-order valence-corrected chi connectivity index (χ2v) is 6.11. The molecule has 2 aromatic rings. The second kappa shape index (κ2) is 6.96. The Balaban J connectivity index is 1.95. The van der Waals surface area contributed by atoms with E-state index in [0.29, 0.717) is 11.5 Å². The van der Waals surface area contributed by atoms with Crippen molar-refractivity contribution in [2.75, 3.05) is 12.0 Å². The highest BCUT2D eigenvalue weighted by Gasteiger charge is 2.41. The number of rotatable bonds is 4. The van der Waals surface area contributed by atoms with E-state index in [0.717, 1.165) is 4.90 Å². The fourth-order valence-electron chi connectivity index (χ4n) is 2.24. The Labute approximate surface area is 158 Å². The summed E-state index contributed by atoms with van der Waals surface area (Å²) < 4.78 is 10.6. The lowest BCUT2D eigenvalue weighted by atomic mass is 10.3. The summed E-state index contributed by atoms with van der Waals surface area (Å²) >= 11 is 18.1. The number of anilines is 1. The molecule has 0 N–H and O–H groups in total. The number of hydrogen-bond donors (Lipinski definition) is 0. The number of benzene rings is 2. The number of halogens is 3. The van der Waals surface area contributed by atoms with Crippen molar-refractivity contribution in [3.8, 4) is 11.5 Å². The summed E-state index contributed by atoms with van der Waals surface area (Å²) in [6.45, 7) is 0. The van der Waals surface area contributed by atoms with Crippen LogP contribution in [-0.4, -0.2) is 18.9 Å². The largest absolute Gasteiger partial charge is 0.497 e. The summed E-state index contributed by atoms with van der Waals surface area (Å²) in [5.41, 5.74) is 0.131. The molecule has 0 radical (unpaired) electrons. The van der Waals surface area contributed by atoms with Crippen LogP contribution >= 0.6 is 34.8 Å². The Morgan fingerprint density at radius 1 is 0.920 bits per heavy atom. The van der Waals surface area contributed by atoms with Gasteiger partial charge in [0.05, 0.1) is 22.8 Å². The molecule has 25 heavy (non-hydrogen) atoms. The highest BCUT2D eigenvalue weighted by Crippen LogP contribution is 2.38. The average Bonchev–Trinajstić information content (AvgIpc) is 2.81. The van der Waals surface area contributed by atoms with Crippen molar-refractivity contribution in [2.24, 2.45) is 0 Å². The van der Waals surface area contributed by atoms with Gasteiger partial charge in [-0.15, -0.1) is 0 Å². The molecule has 0 spiro atoms. The summed E-state index contributed by atoms with van der Waals surface area (Å²) in [4.78, 5) is 25.9. The van der Waals surface area contributed by atoms with E-state index in [1.54, 1.807) is 36.4 Å². The molecule has 128 valence electrons. The van der Waals surface area contributed by atoms with Gasteiger partial charge in [0.25, 0.3) is 5.91 Å². The predicted octanol–water partition coefficient (Wildman–Crippen LogP) is 4.40. The van der Waals surface area contributed by atoms with E-state index < -0.39 is 11.8 Å². The number of carbonyl (C=O) groups is 2. The summed E-state index contributed by atoms with van der Waals surface area (Å²) in [6.07, 6.45) is 0. The smallest absolute Gasteiger partial charge is 0.302 e. The minimum Gasteiger partial charge on any atom is -0.497 e. The first-order chi connectivity index (χ1) is 11.9. The lowest BCUT2D eigenvalue weighted by Gasteiger charge is -2.16. The van der Waals surface area contributed by atoms with Crippen LogP contribution in [0.25, 0.3) is 0 Å². The van der Waals surface area contributed by atoms with Crippen LogP contribution in [0.4, 0.5) is 5.69 Å². The summed E-state index contributed by atoms with van der Waals surface area (Å²) in [5.74, 6) is -0.944. The maximum Gasteiger partial charge on any atom is 0.302 e. The molecule has 0 aliphatic carbocycles. The number of amides is 2. The molecule has 8 heteroatoms. The molecule has 1 heterocycles. The summed E-state index contributed by atoms with van der Waals surface area (Å²) in [7, 11) is 1.50. The quantitative estimate of drug-likeness (QED) is 0.716. The number of nitrogens with zero attached hydrogens (tertiary/aromatic N) is 1. The molecule has 0 atom stereocenters. The average molecular weight is 399 g/mol. The molecule has 0 unspecified atom stereocenters. The fourth-order valence-corrected chi connectivity index (χ4v) is 2.82. The maximum absolute atomic E-state index is 12.7. The Morgan fingerprint density at radius 3 is 2.32 bits per heavy atom. The molecule has 2 amide bonds. The van der Waals surface area contributed by atoms with Gasteiger partial charge in [-0.3, -0.25) is 9.59 Å². The molecule has 0 aromatic heterocycles. The minimum atomic E-state index is -0.742. The third-order valence-corrected chi connectivity index (χ3v) is 4.56. The van der Waals surface area contributed by atoms with Gasteiger partial charge in [-0.25, -0.2) is 4.90 Å². The van der Waals surface area contributed by atoms with Crippen molar-refractivity contribution in [1.82, 2.24) is 0 Å². The van der Waals surface area contributed by atoms with Gasteiger partial charge in [-0.2, -0.15) is 0 Å². The Hall–Kier alpha value is -2.21. The summed E-state index contributed by atoms with van der Waals surface area (Å²) in [6, 6.07) is 11.1. The maximum atomic E-state index is 12.7. The molecular formula is C17H10Cl3NO4. The number of carbonyl (C=O) groups excluding carboxylic acids is 2. The zero-order valence-electron chi connectivity index (χ0n) is 12.8. The van der Waals surface area contributed by atoms with E-state index in [1.807, 2.05) is 0 Å². The molecule has 2 aromatic carbocycles. The van der Waals surface area contributed by atoms with E-state index in [9.17, 15) is 9.59 Å². The number of hydrogen-bond acceptors (Lipinski definition) is 4. The van der Waals surface area contributed by atoms with Gasteiger partial charge in [-0.1, -0.05) is 46.9 Å². The number of ether oxygens (including phenoxy) is 2. The molecule has 3 rings (SSSR count). The minimum absolute atomic E-state index is 0.0676. The van der Waals surface area contributed by atoms with Crippen molar-refractivity contribution >= 4 is 52.3 Å². The molecule has 0 saturated carbocycles. The molecular weight excluding hydrogens is 389 g/mol. The van der Waals surface area contributed by atoms with E-state index in [4.69, 9.17) is 44.3 Å². The third-order valence-electron chi connectivity index (χ3n) is 3.42. The molecule has 0 bridgehead atoms. The molecule has 0 saturated heterocycles. The van der Waals surface area contributed by atoms with Crippen molar-refractivity contribution in [2.45, 2.75) is 0 Å². The third kappa shape index (κ3) is 3.18. The van der Waals surface area contributed by atoms with E-state index in [-0.39, 0.29) is 26.5 Å². The first kappa shape index (κ1) is 17.6. The van der Waals surface area contributed by atoms with Gasteiger partial charge >= 0.3 is 5.91 Å². The first-order valence-electron chi connectivity index (χ1n) is 6.98. The first-order valence-corrected chi connectivity index (χ1v) is 8.12. The SMILES string of the molecule is COc1cccc(OC2=C(Cl)C(=O)N(c3cccc(Cl)c3Cl)C2=O)c1. The highest BCUT2D eigenvalue weighted by atomic mass is 35.5. The second-order valence-electron chi connectivity index (χ2n) is 4.94. The van der Waals surface area contributed by atoms with Crippen LogP contribution in [-0.2, 0) is 9.59 Å². The lowest BCUT2D eigenvalue weighted by molar-refractivity contribution is -0.121. The predicted molar refractivity (Wildman–Crippen MR) is 95.5 cm³/mol. The zero-order valence-corrected chi connectivity index (χ0v) is 15.0. The van der Waals surface area contributed by atoms with Gasteiger partial charge in [0.1, 0.15) is 11.5 Å². The van der Waals surface area contributed by atoms with Crippen molar-refractivity contribution < 1.29 is 19.1 Å². The molecule has 0 fully saturated rings. The standard InChI is InChI=1S/C17H10Cl3NO4/c1-24-9-4-2-5-10(8-9)25-15-14(20)16(22)21(17(15)23)12-7-3-6-11(18)13(12)19/h2-8H,1H3. The van der Waals surface area contributed by atoms with Crippen LogP contribution < -0.4 is 14.4 Å². The van der Waals surface area contributed by atoms with E-state index in [1.165, 1.54) is 13.2 Å². The lowest BCUT2D eigenvalue weighted by Crippen LogP contribution is -2.32. The molecule has 1 aliphatic rings. The van der Waals surface area contributed by atoms with Crippen LogP contribution in [0.3, 0.4) is 0 Å². The van der Waals surface area contributed by atoms with Crippen LogP contribution in [0.5, 0.6) is 11.5 Å². The zero-order chi connectivity index (χ0) is 18.1. The van der Waals surface area contributed by atoms with Crippen molar-refractivity contribution in [1.29, 1.82) is 0 Å². The van der Waals surface area contributed by atoms with Gasteiger partial charge < -0.3 is 9.47 Å². The van der Waals surface area contributed by atoms with Gasteiger partial charge in [0.2, 0.25) is 5.76 Å². The van der Waals surface area contributed by atoms with Gasteiger partial charge in [0.15, 0.2) is 5.03 Å². The summed E-state index contributed by atoms with van der Waals surface area (Å²) in [5, 5.41) is -0.0696. The van der Waals surface area contributed by atoms with Crippen LogP contribution in [0.15, 0.2) is 53.3 Å². The normalized spacial score (nSPS) is 14.3. The van der Waals surface area contributed by atoms with Crippen molar-refractivity contribution in [3.63, 3.8) is 0 Å². The van der Waals surface area contributed by atoms with Crippen LogP contribution in [0, 0.1) is 0 Å². The highest BCUT2D eigenvalue weighted by molar-refractivity contribution is 6.53. The Morgan fingerprint density at radius 2 is 1.60 bits per heavy atom.